The molecule has 0 radical (unpaired) electrons. The molecule has 0 fully saturated rings. The molecule has 8 heteroatoms. The van der Waals surface area contributed by atoms with Crippen LogP contribution in [0.25, 0.3) is 11.1 Å². The number of esters is 1. The van der Waals surface area contributed by atoms with Crippen molar-refractivity contribution in [1.29, 1.82) is 0 Å². The molecule has 0 aromatic heterocycles. The Kier molecular flexibility index (Phi) is 9.85. The molecule has 7 nitrogen and oxygen atoms in total. The fourth-order valence-electron chi connectivity index (χ4n) is 4.98. The largest absolute Gasteiger partial charge is 0.494 e. The lowest BCUT2D eigenvalue weighted by molar-refractivity contribution is -0.140. The van der Waals surface area contributed by atoms with Gasteiger partial charge in [0.15, 0.2) is 0 Å². The van der Waals surface area contributed by atoms with E-state index in [2.05, 4.69) is 31.8 Å². The fraction of sp³-hybridized carbons (Fsp3) is 0.382. The maximum Gasteiger partial charge on any atom is 0.307 e. The molecule has 0 aliphatic carbocycles. The number of carbonyl (C=O) groups is 1. The van der Waals surface area contributed by atoms with Gasteiger partial charge < -0.3 is 18.9 Å². The third kappa shape index (κ3) is 8.53. The highest BCUT2D eigenvalue weighted by molar-refractivity contribution is 7.90. The second-order valence-electron chi connectivity index (χ2n) is 11.1. The van der Waals surface area contributed by atoms with Gasteiger partial charge in [-0.25, -0.2) is 8.42 Å². The number of rotatable bonds is 11. The summed E-state index contributed by atoms with van der Waals surface area (Å²) < 4.78 is 46.1. The molecule has 0 saturated heterocycles. The van der Waals surface area contributed by atoms with Crippen molar-refractivity contribution in [1.82, 2.24) is 0 Å². The summed E-state index contributed by atoms with van der Waals surface area (Å²) in [5.41, 5.74) is 4.65. The molecule has 1 aliphatic heterocycles. The van der Waals surface area contributed by atoms with E-state index < -0.39 is 15.4 Å². The van der Waals surface area contributed by atoms with Crippen molar-refractivity contribution in [3.05, 3.63) is 77.4 Å². The Morgan fingerprint density at radius 2 is 1.74 bits per heavy atom. The average molecular weight is 591 g/mol. The first-order valence-corrected chi connectivity index (χ1v) is 16.0. The molecule has 0 N–H and O–H groups in total. The Morgan fingerprint density at radius 1 is 1.00 bits per heavy atom. The molecule has 3 aromatic rings. The lowest BCUT2D eigenvalue weighted by Gasteiger charge is -2.25. The Bertz CT molecular complexity index is 1580. The van der Waals surface area contributed by atoms with E-state index in [1.807, 2.05) is 54.6 Å². The summed E-state index contributed by atoms with van der Waals surface area (Å²) in [7, 11) is -1.64. The van der Waals surface area contributed by atoms with Gasteiger partial charge in [-0.05, 0) is 85.8 Å². The number of sulfone groups is 1. The molecule has 222 valence electrons. The molecule has 0 saturated carbocycles. The van der Waals surface area contributed by atoms with Crippen LogP contribution in [-0.4, -0.2) is 45.7 Å². The van der Waals surface area contributed by atoms with Crippen LogP contribution in [0.5, 0.6) is 17.2 Å². The Hall–Kier alpha value is -3.96. The molecular formula is C34H38O7S. The molecule has 42 heavy (non-hydrogen) atoms. The highest BCUT2D eigenvalue weighted by atomic mass is 32.2. The predicted octanol–water partition coefficient (Wildman–Crippen LogP) is 6.13. The number of ether oxygens (including phenoxy) is 4. The van der Waals surface area contributed by atoms with E-state index in [4.69, 9.17) is 18.9 Å². The van der Waals surface area contributed by atoms with Gasteiger partial charge in [0.2, 0.25) is 0 Å². The molecule has 1 heterocycles. The van der Waals surface area contributed by atoms with Crippen molar-refractivity contribution in [2.75, 3.05) is 25.7 Å². The molecule has 0 bridgehead atoms. The minimum Gasteiger partial charge on any atom is -0.494 e. The van der Waals surface area contributed by atoms with Crippen LogP contribution in [0.1, 0.15) is 56.2 Å². The van der Waals surface area contributed by atoms with Crippen LogP contribution < -0.4 is 14.2 Å². The molecule has 4 rings (SSSR count). The lowest BCUT2D eigenvalue weighted by Crippen LogP contribution is -2.30. The van der Waals surface area contributed by atoms with Crippen molar-refractivity contribution in [3.63, 3.8) is 0 Å². The van der Waals surface area contributed by atoms with Crippen molar-refractivity contribution in [3.8, 4) is 40.2 Å². The number of fused-ring (bicyclic) bond motifs is 3. The Morgan fingerprint density at radius 3 is 2.43 bits per heavy atom. The number of carbonyl (C=O) groups excluding carboxylic acids is 1. The molecule has 3 aromatic carbocycles. The smallest absolute Gasteiger partial charge is 0.307 e. The zero-order chi connectivity index (χ0) is 30.3. The second kappa shape index (κ2) is 13.3. The molecule has 1 aliphatic rings. The number of benzene rings is 3. The van der Waals surface area contributed by atoms with Gasteiger partial charge >= 0.3 is 5.97 Å². The average Bonchev–Trinajstić information content (AvgIpc) is 3.05. The van der Waals surface area contributed by atoms with E-state index in [0.717, 1.165) is 33.6 Å². The minimum absolute atomic E-state index is 0.102. The molecule has 1 atom stereocenters. The van der Waals surface area contributed by atoms with Crippen LogP contribution in [-0.2, 0) is 32.4 Å². The normalized spacial score (nSPS) is 14.1. The topological polar surface area (TPSA) is 88.1 Å². The van der Waals surface area contributed by atoms with E-state index in [9.17, 15) is 13.2 Å². The van der Waals surface area contributed by atoms with E-state index in [1.165, 1.54) is 13.4 Å². The van der Waals surface area contributed by atoms with E-state index in [0.29, 0.717) is 37.6 Å². The van der Waals surface area contributed by atoms with Crippen LogP contribution in [0.4, 0.5) is 0 Å². The van der Waals surface area contributed by atoms with Crippen molar-refractivity contribution < 1.29 is 32.2 Å². The highest BCUT2D eigenvalue weighted by Gasteiger charge is 2.28. The molecule has 0 spiro atoms. The van der Waals surface area contributed by atoms with Gasteiger partial charge in [-0.1, -0.05) is 30.2 Å². The fourth-order valence-corrected chi connectivity index (χ4v) is 5.62. The third-order valence-corrected chi connectivity index (χ3v) is 7.98. The summed E-state index contributed by atoms with van der Waals surface area (Å²) in [6.07, 6.45) is 2.57. The van der Waals surface area contributed by atoms with Gasteiger partial charge in [-0.2, -0.15) is 0 Å². The zero-order valence-corrected chi connectivity index (χ0v) is 25.7. The predicted molar refractivity (Wildman–Crippen MR) is 164 cm³/mol. The number of hydrogen-bond acceptors (Lipinski definition) is 7. The molecule has 0 unspecified atom stereocenters. The van der Waals surface area contributed by atoms with Crippen LogP contribution in [0.3, 0.4) is 0 Å². The van der Waals surface area contributed by atoms with Gasteiger partial charge in [0.25, 0.3) is 0 Å². The van der Waals surface area contributed by atoms with Gasteiger partial charge in [-0.15, -0.1) is 5.92 Å². The Labute approximate surface area is 249 Å². The van der Waals surface area contributed by atoms with Gasteiger partial charge in [0.1, 0.15) is 39.3 Å². The van der Waals surface area contributed by atoms with Crippen molar-refractivity contribution in [2.24, 2.45) is 0 Å². The summed E-state index contributed by atoms with van der Waals surface area (Å²) in [5.74, 6) is 7.77. The van der Waals surface area contributed by atoms with Crippen molar-refractivity contribution in [2.45, 2.75) is 58.2 Å². The van der Waals surface area contributed by atoms with Gasteiger partial charge in [-0.3, -0.25) is 4.79 Å². The van der Waals surface area contributed by atoms with Gasteiger partial charge in [0.05, 0.1) is 31.8 Å². The van der Waals surface area contributed by atoms with E-state index >= 15 is 0 Å². The quantitative estimate of drug-likeness (QED) is 0.151. The SMILES string of the molecule is CC#C[C@@H](CC(=O)OC)c1ccc(OCc2ccc3c(c2)-c2ccc(OCCCS(C)(=O)=O)cc2CC(C)(C)O3)cc1. The summed E-state index contributed by atoms with van der Waals surface area (Å²) in [6, 6.07) is 19.7. The first kappa shape index (κ1) is 31.0. The summed E-state index contributed by atoms with van der Waals surface area (Å²) in [5, 5.41) is 0. The maximum atomic E-state index is 11.8. The summed E-state index contributed by atoms with van der Waals surface area (Å²) in [4.78, 5) is 11.8. The zero-order valence-electron chi connectivity index (χ0n) is 24.9. The van der Waals surface area contributed by atoms with E-state index in [-0.39, 0.29) is 24.1 Å². The summed E-state index contributed by atoms with van der Waals surface area (Å²) >= 11 is 0. The standard InChI is InChI=1S/C34H38O7S/c1-6-8-26(21-33(35)38-4)25-10-12-28(13-11-25)40-23-24-9-16-32-31(19-24)30-15-14-29(39-17-7-18-42(5,36)37)20-27(30)22-34(2,3)41-32/h9-16,19-20,26H,7,17-18,21-23H2,1-5H3/t26-/m0/s1. The van der Waals surface area contributed by atoms with Crippen LogP contribution in [0, 0.1) is 11.8 Å². The minimum atomic E-state index is -3.01. The monoisotopic (exact) mass is 590 g/mol. The lowest BCUT2D eigenvalue weighted by atomic mass is 9.92. The van der Waals surface area contributed by atoms with Gasteiger partial charge in [0, 0.05) is 18.2 Å². The maximum absolute atomic E-state index is 11.8. The highest BCUT2D eigenvalue weighted by Crippen LogP contribution is 2.41. The van der Waals surface area contributed by atoms with Crippen LogP contribution in [0.15, 0.2) is 60.7 Å². The molecular weight excluding hydrogens is 552 g/mol. The van der Waals surface area contributed by atoms with Crippen LogP contribution >= 0.6 is 0 Å². The number of hydrogen-bond donors (Lipinski definition) is 0. The third-order valence-electron chi connectivity index (χ3n) is 6.95. The summed E-state index contributed by atoms with van der Waals surface area (Å²) in [6.45, 7) is 6.59. The van der Waals surface area contributed by atoms with E-state index in [1.54, 1.807) is 6.92 Å². The number of methoxy groups -OCH3 is 1. The second-order valence-corrected chi connectivity index (χ2v) is 13.4. The molecule has 0 amide bonds. The Balaban J connectivity index is 1.49. The first-order chi connectivity index (χ1) is 20.0. The first-order valence-electron chi connectivity index (χ1n) is 13.9. The van der Waals surface area contributed by atoms with Crippen molar-refractivity contribution >= 4 is 15.8 Å². The van der Waals surface area contributed by atoms with Crippen LogP contribution in [0.2, 0.25) is 0 Å².